The summed E-state index contributed by atoms with van der Waals surface area (Å²) in [5, 5.41) is 11.1. The number of hydrogen-bond donors (Lipinski definition) is 3. The lowest BCUT2D eigenvalue weighted by atomic mass is 9.94. The second-order valence-corrected chi connectivity index (χ2v) is 7.49. The summed E-state index contributed by atoms with van der Waals surface area (Å²) < 4.78 is 0. The van der Waals surface area contributed by atoms with Crippen LogP contribution in [0.5, 0.6) is 0 Å². The van der Waals surface area contributed by atoms with Gasteiger partial charge in [0.1, 0.15) is 11.4 Å². The van der Waals surface area contributed by atoms with Crippen LogP contribution in [0.15, 0.2) is 30.3 Å². The molecule has 1 fully saturated rings. The average Bonchev–Trinajstić information content (AvgIpc) is 3.26. The summed E-state index contributed by atoms with van der Waals surface area (Å²) >= 11 is 5.99. The Balaban J connectivity index is 1.46. The Labute approximate surface area is 155 Å². The zero-order valence-electron chi connectivity index (χ0n) is 14.1. The summed E-state index contributed by atoms with van der Waals surface area (Å²) in [5.41, 5.74) is 4.37. The van der Waals surface area contributed by atoms with Gasteiger partial charge in [-0.25, -0.2) is 4.98 Å². The van der Waals surface area contributed by atoms with E-state index in [1.54, 1.807) is 0 Å². The molecular weight excluding hydrogens is 350 g/mol. The number of carbonyl (C=O) groups excluding carboxylic acids is 1. The molecule has 0 spiro atoms. The van der Waals surface area contributed by atoms with Gasteiger partial charge in [0.25, 0.3) is 5.91 Å². The van der Waals surface area contributed by atoms with Gasteiger partial charge in [-0.2, -0.15) is 5.10 Å². The molecular formula is C19H18ClN5O. The van der Waals surface area contributed by atoms with Crippen LogP contribution in [0.25, 0.3) is 11.5 Å². The molecule has 1 aliphatic carbocycles. The zero-order chi connectivity index (χ0) is 17.7. The molecule has 3 N–H and O–H groups in total. The number of nitrogens with one attached hydrogen (secondary N) is 3. The van der Waals surface area contributed by atoms with Crippen LogP contribution in [-0.4, -0.2) is 32.6 Å². The van der Waals surface area contributed by atoms with Crippen molar-refractivity contribution in [2.75, 3.05) is 6.54 Å². The maximum atomic E-state index is 12.5. The van der Waals surface area contributed by atoms with E-state index in [0.717, 1.165) is 22.6 Å². The van der Waals surface area contributed by atoms with Gasteiger partial charge >= 0.3 is 0 Å². The van der Waals surface area contributed by atoms with Gasteiger partial charge in [-0.1, -0.05) is 23.7 Å². The highest BCUT2D eigenvalue weighted by atomic mass is 35.5. The van der Waals surface area contributed by atoms with E-state index in [1.165, 1.54) is 12.8 Å². The third-order valence-electron chi connectivity index (χ3n) is 5.15. The third-order valence-corrected chi connectivity index (χ3v) is 5.40. The van der Waals surface area contributed by atoms with Crippen LogP contribution in [0.2, 0.25) is 5.02 Å². The fourth-order valence-corrected chi connectivity index (χ4v) is 3.64. The molecule has 132 valence electrons. The number of rotatable bonds is 3. The summed E-state index contributed by atoms with van der Waals surface area (Å²) in [6.07, 6.45) is 3.13. The fraction of sp³-hybridized carbons (Fsp3) is 0.316. The number of fused-ring (bicyclic) bond motifs is 1. The van der Waals surface area contributed by atoms with Crippen molar-refractivity contribution in [3.05, 3.63) is 58.0 Å². The van der Waals surface area contributed by atoms with E-state index in [-0.39, 0.29) is 11.8 Å². The number of carbonyl (C=O) groups is 1. The molecule has 2 aliphatic rings. The lowest BCUT2D eigenvalue weighted by molar-refractivity contribution is 0.0950. The summed E-state index contributed by atoms with van der Waals surface area (Å²) in [6.45, 7) is 0.578. The molecule has 2 aromatic heterocycles. The number of aromatic amines is 2. The standard InChI is InChI=1S/C19H18ClN5O/c20-13-5-3-10(4-6-13)12-7-15-17(19(26)21-9-12)23-18(22-15)16-8-14(24-25-16)11-1-2-11/h3-6,8,11-12H,1-2,7,9H2,(H,21,26)(H,22,23)(H,24,25). The van der Waals surface area contributed by atoms with Gasteiger partial charge in [0.05, 0.1) is 0 Å². The normalized spacial score (nSPS) is 19.7. The Morgan fingerprint density at radius 3 is 2.69 bits per heavy atom. The van der Waals surface area contributed by atoms with E-state index in [9.17, 15) is 4.79 Å². The van der Waals surface area contributed by atoms with Crippen LogP contribution >= 0.6 is 11.6 Å². The predicted molar refractivity (Wildman–Crippen MR) is 98.4 cm³/mol. The first-order valence-corrected chi connectivity index (χ1v) is 9.23. The fourth-order valence-electron chi connectivity index (χ4n) is 3.52. The number of nitrogens with zero attached hydrogens (tertiary/aromatic N) is 2. The Morgan fingerprint density at radius 2 is 1.92 bits per heavy atom. The highest BCUT2D eigenvalue weighted by Crippen LogP contribution is 2.39. The second kappa shape index (κ2) is 5.99. The van der Waals surface area contributed by atoms with Crippen LogP contribution in [0.4, 0.5) is 0 Å². The highest BCUT2D eigenvalue weighted by Gasteiger charge is 2.29. The van der Waals surface area contributed by atoms with Gasteiger partial charge in [0, 0.05) is 34.8 Å². The van der Waals surface area contributed by atoms with Gasteiger partial charge in [-0.3, -0.25) is 9.89 Å². The van der Waals surface area contributed by atoms with Crippen LogP contribution in [0, 0.1) is 0 Å². The van der Waals surface area contributed by atoms with Gasteiger partial charge in [0.15, 0.2) is 5.82 Å². The van der Waals surface area contributed by atoms with Crippen LogP contribution < -0.4 is 5.32 Å². The van der Waals surface area contributed by atoms with Crippen molar-refractivity contribution in [1.29, 1.82) is 0 Å². The monoisotopic (exact) mass is 367 g/mol. The first-order chi connectivity index (χ1) is 12.7. The van der Waals surface area contributed by atoms with Gasteiger partial charge < -0.3 is 10.3 Å². The molecule has 3 aromatic rings. The molecule has 6 nitrogen and oxygen atoms in total. The number of aromatic nitrogens is 4. The smallest absolute Gasteiger partial charge is 0.271 e. The number of imidazole rings is 1. The maximum absolute atomic E-state index is 12.5. The summed E-state index contributed by atoms with van der Waals surface area (Å²) in [7, 11) is 0. The minimum atomic E-state index is -0.142. The topological polar surface area (TPSA) is 86.5 Å². The first kappa shape index (κ1) is 15.6. The van der Waals surface area contributed by atoms with Crippen molar-refractivity contribution in [3.8, 4) is 11.5 Å². The predicted octanol–water partition coefficient (Wildman–Crippen LogP) is 3.40. The highest BCUT2D eigenvalue weighted by molar-refractivity contribution is 6.30. The lowest BCUT2D eigenvalue weighted by Gasteiger charge is -2.14. The van der Waals surface area contributed by atoms with Crippen molar-refractivity contribution >= 4 is 17.5 Å². The first-order valence-electron chi connectivity index (χ1n) is 8.85. The quantitative estimate of drug-likeness (QED) is 0.663. The Hall–Kier alpha value is -2.60. The van der Waals surface area contributed by atoms with Crippen LogP contribution in [0.3, 0.4) is 0 Å². The van der Waals surface area contributed by atoms with Crippen molar-refractivity contribution in [2.24, 2.45) is 0 Å². The van der Waals surface area contributed by atoms with Crippen LogP contribution in [0.1, 0.15) is 52.1 Å². The number of amides is 1. The molecule has 1 saturated carbocycles. The van der Waals surface area contributed by atoms with Gasteiger partial charge in [-0.05, 0) is 43.0 Å². The zero-order valence-corrected chi connectivity index (χ0v) is 14.8. The molecule has 1 amide bonds. The van der Waals surface area contributed by atoms with Gasteiger partial charge in [0.2, 0.25) is 0 Å². The number of H-pyrrole nitrogens is 2. The SMILES string of the molecule is O=C1NCC(c2ccc(Cl)cc2)Cc2[nH]c(-c3cc(C4CC4)[nH]n3)nc21. The molecule has 1 unspecified atom stereocenters. The molecule has 0 radical (unpaired) electrons. The number of benzene rings is 1. The molecule has 0 bridgehead atoms. The Morgan fingerprint density at radius 1 is 1.12 bits per heavy atom. The molecule has 3 heterocycles. The minimum absolute atomic E-state index is 0.142. The van der Waals surface area contributed by atoms with Crippen molar-refractivity contribution < 1.29 is 4.79 Å². The summed E-state index contributed by atoms with van der Waals surface area (Å²) in [5.74, 6) is 1.27. The number of hydrogen-bond acceptors (Lipinski definition) is 3. The van der Waals surface area contributed by atoms with Crippen molar-refractivity contribution in [3.63, 3.8) is 0 Å². The molecule has 26 heavy (non-hydrogen) atoms. The van der Waals surface area contributed by atoms with Crippen LogP contribution in [-0.2, 0) is 6.42 Å². The third kappa shape index (κ3) is 2.80. The average molecular weight is 368 g/mol. The van der Waals surface area contributed by atoms with Crippen molar-refractivity contribution in [1.82, 2.24) is 25.5 Å². The van der Waals surface area contributed by atoms with E-state index >= 15 is 0 Å². The molecule has 1 atom stereocenters. The maximum Gasteiger partial charge on any atom is 0.271 e. The van der Waals surface area contributed by atoms with E-state index in [1.807, 2.05) is 30.3 Å². The molecule has 0 saturated heterocycles. The van der Waals surface area contributed by atoms with E-state index in [2.05, 4.69) is 25.5 Å². The lowest BCUT2D eigenvalue weighted by Crippen LogP contribution is -2.26. The van der Waals surface area contributed by atoms with Gasteiger partial charge in [-0.15, -0.1) is 0 Å². The Kier molecular flexibility index (Phi) is 3.60. The number of halogens is 1. The van der Waals surface area contributed by atoms with E-state index < -0.39 is 0 Å². The molecule has 5 rings (SSSR count). The second-order valence-electron chi connectivity index (χ2n) is 7.06. The van der Waals surface area contributed by atoms with Crippen molar-refractivity contribution in [2.45, 2.75) is 31.1 Å². The molecule has 1 aliphatic heterocycles. The summed E-state index contributed by atoms with van der Waals surface area (Å²) in [4.78, 5) is 20.3. The Bertz CT molecular complexity index is 970. The molecule has 1 aromatic carbocycles. The minimum Gasteiger partial charge on any atom is -0.350 e. The largest absolute Gasteiger partial charge is 0.350 e. The summed E-state index contributed by atoms with van der Waals surface area (Å²) in [6, 6.07) is 9.82. The van der Waals surface area contributed by atoms with E-state index in [4.69, 9.17) is 11.6 Å². The molecule has 7 heteroatoms. The van der Waals surface area contributed by atoms with E-state index in [0.29, 0.717) is 35.4 Å².